The molecule has 100 valence electrons. The van der Waals surface area contributed by atoms with E-state index < -0.39 is 5.97 Å². The fourth-order valence-corrected chi connectivity index (χ4v) is 1.82. The maximum absolute atomic E-state index is 10.9. The number of anilines is 1. The molecule has 1 N–H and O–H groups in total. The standard InChI is InChI=1S/C13H19ClN2O2/c1-15(2)8-3-9-16(10-13(17)18)12-6-4-11(14)5-7-12/h4-7H,3,8-10H2,1-2H3,(H,17,18). The Hall–Kier alpha value is -1.26. The van der Waals surface area contributed by atoms with Crippen LogP contribution in [-0.4, -0.2) is 49.7 Å². The average Bonchev–Trinajstić information content (AvgIpc) is 2.28. The summed E-state index contributed by atoms with van der Waals surface area (Å²) < 4.78 is 0. The monoisotopic (exact) mass is 270 g/mol. The van der Waals surface area contributed by atoms with Crippen LogP contribution in [0.3, 0.4) is 0 Å². The van der Waals surface area contributed by atoms with Crippen LogP contribution in [0.5, 0.6) is 0 Å². The minimum absolute atomic E-state index is 0.00899. The van der Waals surface area contributed by atoms with Gasteiger partial charge in [-0.3, -0.25) is 4.79 Å². The summed E-state index contributed by atoms with van der Waals surface area (Å²) >= 11 is 5.83. The van der Waals surface area contributed by atoms with Crippen LogP contribution in [0, 0.1) is 0 Å². The van der Waals surface area contributed by atoms with Crippen molar-refractivity contribution >= 4 is 23.3 Å². The Morgan fingerprint density at radius 1 is 1.22 bits per heavy atom. The van der Waals surface area contributed by atoms with E-state index in [0.717, 1.165) is 18.7 Å². The second-order valence-corrected chi connectivity index (χ2v) is 4.88. The molecule has 0 aliphatic rings. The van der Waals surface area contributed by atoms with Crippen LogP contribution >= 0.6 is 11.6 Å². The van der Waals surface area contributed by atoms with Gasteiger partial charge in [0.05, 0.1) is 0 Å². The van der Waals surface area contributed by atoms with E-state index in [2.05, 4.69) is 4.90 Å². The van der Waals surface area contributed by atoms with Gasteiger partial charge < -0.3 is 14.9 Å². The topological polar surface area (TPSA) is 43.8 Å². The molecule has 5 heteroatoms. The van der Waals surface area contributed by atoms with Gasteiger partial charge in [-0.15, -0.1) is 0 Å². The molecule has 4 nitrogen and oxygen atoms in total. The zero-order valence-electron chi connectivity index (χ0n) is 10.8. The minimum Gasteiger partial charge on any atom is -0.480 e. The number of carboxylic acid groups (broad SMARTS) is 1. The van der Waals surface area contributed by atoms with Gasteiger partial charge in [0.15, 0.2) is 0 Å². The van der Waals surface area contributed by atoms with Crippen LogP contribution in [0.25, 0.3) is 0 Å². The molecule has 1 rings (SSSR count). The molecule has 1 aromatic carbocycles. The van der Waals surface area contributed by atoms with Gasteiger partial charge >= 0.3 is 5.97 Å². The van der Waals surface area contributed by atoms with Crippen LogP contribution < -0.4 is 4.90 Å². The molecule has 0 aromatic heterocycles. The Kier molecular flexibility index (Phi) is 5.95. The molecule has 0 unspecified atom stereocenters. The normalized spacial score (nSPS) is 10.7. The van der Waals surface area contributed by atoms with E-state index in [1.165, 1.54) is 0 Å². The molecule has 0 aliphatic carbocycles. The molecule has 0 spiro atoms. The highest BCUT2D eigenvalue weighted by atomic mass is 35.5. The van der Waals surface area contributed by atoms with Crippen molar-refractivity contribution in [3.8, 4) is 0 Å². The predicted molar refractivity (Wildman–Crippen MR) is 74.5 cm³/mol. The molecule has 0 amide bonds. The molecule has 0 fully saturated rings. The van der Waals surface area contributed by atoms with Crippen LogP contribution in [-0.2, 0) is 4.79 Å². The van der Waals surface area contributed by atoms with Crippen molar-refractivity contribution in [1.82, 2.24) is 4.90 Å². The van der Waals surface area contributed by atoms with Crippen molar-refractivity contribution in [3.63, 3.8) is 0 Å². The summed E-state index contributed by atoms with van der Waals surface area (Å²) in [6.07, 6.45) is 0.920. The Balaban J connectivity index is 2.65. The molecule has 1 aromatic rings. The molecule has 0 aliphatic heterocycles. The number of hydrogen-bond donors (Lipinski definition) is 1. The van der Waals surface area contributed by atoms with Gasteiger partial charge in [-0.05, 0) is 51.3 Å². The third kappa shape index (κ3) is 5.38. The number of halogens is 1. The summed E-state index contributed by atoms with van der Waals surface area (Å²) in [7, 11) is 4.01. The van der Waals surface area contributed by atoms with Crippen molar-refractivity contribution in [2.75, 3.05) is 38.6 Å². The van der Waals surface area contributed by atoms with Crippen LogP contribution in [0.4, 0.5) is 5.69 Å². The van der Waals surface area contributed by atoms with Gasteiger partial charge in [-0.1, -0.05) is 11.6 Å². The number of hydrogen-bond acceptors (Lipinski definition) is 3. The summed E-state index contributed by atoms with van der Waals surface area (Å²) in [6.45, 7) is 1.66. The molecular weight excluding hydrogens is 252 g/mol. The average molecular weight is 271 g/mol. The number of benzene rings is 1. The Morgan fingerprint density at radius 3 is 2.33 bits per heavy atom. The smallest absolute Gasteiger partial charge is 0.323 e. The van der Waals surface area contributed by atoms with E-state index in [1.54, 1.807) is 12.1 Å². The molecule has 0 radical (unpaired) electrons. The summed E-state index contributed by atoms with van der Waals surface area (Å²) in [5.74, 6) is -0.824. The summed E-state index contributed by atoms with van der Waals surface area (Å²) in [5, 5.41) is 9.59. The van der Waals surface area contributed by atoms with Crippen LogP contribution in [0.1, 0.15) is 6.42 Å². The van der Waals surface area contributed by atoms with Crippen molar-refractivity contribution in [3.05, 3.63) is 29.3 Å². The van der Waals surface area contributed by atoms with E-state index >= 15 is 0 Å². The van der Waals surface area contributed by atoms with E-state index in [9.17, 15) is 4.79 Å². The highest BCUT2D eigenvalue weighted by Gasteiger charge is 2.10. The Bertz CT molecular complexity index is 379. The highest BCUT2D eigenvalue weighted by Crippen LogP contribution is 2.18. The summed E-state index contributed by atoms with van der Waals surface area (Å²) in [6, 6.07) is 7.25. The zero-order chi connectivity index (χ0) is 13.5. The fraction of sp³-hybridized carbons (Fsp3) is 0.462. The highest BCUT2D eigenvalue weighted by molar-refractivity contribution is 6.30. The number of nitrogens with zero attached hydrogens (tertiary/aromatic N) is 2. The van der Waals surface area contributed by atoms with E-state index in [4.69, 9.17) is 16.7 Å². The maximum atomic E-state index is 10.9. The molecule has 0 heterocycles. The fourth-order valence-electron chi connectivity index (χ4n) is 1.69. The lowest BCUT2D eigenvalue weighted by atomic mass is 10.2. The van der Waals surface area contributed by atoms with Crippen LogP contribution in [0.2, 0.25) is 5.02 Å². The van der Waals surface area contributed by atoms with E-state index in [0.29, 0.717) is 11.6 Å². The molecule has 0 atom stereocenters. The summed E-state index contributed by atoms with van der Waals surface area (Å²) in [5.41, 5.74) is 0.889. The molecule has 0 bridgehead atoms. The predicted octanol–water partition coefficient (Wildman–Crippen LogP) is 2.18. The third-order valence-electron chi connectivity index (χ3n) is 2.55. The molecular formula is C13H19ClN2O2. The van der Waals surface area contributed by atoms with Gasteiger partial charge in [0.1, 0.15) is 6.54 Å². The van der Waals surface area contributed by atoms with Crippen molar-refractivity contribution in [2.24, 2.45) is 0 Å². The quantitative estimate of drug-likeness (QED) is 0.825. The molecule has 0 saturated heterocycles. The Labute approximate surface area is 113 Å². The lowest BCUT2D eigenvalue weighted by Crippen LogP contribution is -2.32. The van der Waals surface area contributed by atoms with E-state index in [1.807, 2.05) is 31.1 Å². The third-order valence-corrected chi connectivity index (χ3v) is 2.80. The zero-order valence-corrected chi connectivity index (χ0v) is 11.5. The van der Waals surface area contributed by atoms with Crippen molar-refractivity contribution in [2.45, 2.75) is 6.42 Å². The summed E-state index contributed by atoms with van der Waals surface area (Å²) in [4.78, 5) is 14.8. The minimum atomic E-state index is -0.824. The first-order chi connectivity index (χ1) is 8.49. The van der Waals surface area contributed by atoms with E-state index in [-0.39, 0.29) is 6.54 Å². The SMILES string of the molecule is CN(C)CCCN(CC(=O)O)c1ccc(Cl)cc1. The van der Waals surface area contributed by atoms with Crippen molar-refractivity contribution in [1.29, 1.82) is 0 Å². The lowest BCUT2D eigenvalue weighted by Gasteiger charge is -2.23. The van der Waals surface area contributed by atoms with Gasteiger partial charge in [-0.2, -0.15) is 0 Å². The largest absolute Gasteiger partial charge is 0.480 e. The number of rotatable bonds is 7. The van der Waals surface area contributed by atoms with Crippen molar-refractivity contribution < 1.29 is 9.90 Å². The lowest BCUT2D eigenvalue weighted by molar-refractivity contribution is -0.135. The first kappa shape index (κ1) is 14.8. The second-order valence-electron chi connectivity index (χ2n) is 4.45. The van der Waals surface area contributed by atoms with Gasteiger partial charge in [0, 0.05) is 17.3 Å². The van der Waals surface area contributed by atoms with Gasteiger partial charge in [0.25, 0.3) is 0 Å². The molecule has 18 heavy (non-hydrogen) atoms. The van der Waals surface area contributed by atoms with Crippen LogP contribution in [0.15, 0.2) is 24.3 Å². The number of aliphatic carboxylic acids is 1. The van der Waals surface area contributed by atoms with Gasteiger partial charge in [0.2, 0.25) is 0 Å². The van der Waals surface area contributed by atoms with Gasteiger partial charge in [-0.25, -0.2) is 0 Å². The first-order valence-corrected chi connectivity index (χ1v) is 6.24. The second kappa shape index (κ2) is 7.24. The first-order valence-electron chi connectivity index (χ1n) is 5.86. The number of carbonyl (C=O) groups is 1. The Morgan fingerprint density at radius 2 is 1.83 bits per heavy atom. The maximum Gasteiger partial charge on any atom is 0.323 e. The number of carboxylic acids is 1. The molecule has 0 saturated carbocycles.